The maximum absolute atomic E-state index is 13.3. The van der Waals surface area contributed by atoms with E-state index in [1.165, 1.54) is 9.78 Å². The molecule has 0 spiro atoms. The van der Waals surface area contributed by atoms with Crippen molar-refractivity contribution in [3.63, 3.8) is 0 Å². The van der Waals surface area contributed by atoms with Crippen molar-refractivity contribution in [2.24, 2.45) is 4.99 Å². The third-order valence-corrected chi connectivity index (χ3v) is 12.4. The molecule has 3 N–H and O–H groups in total. The molecule has 1 saturated heterocycles. The van der Waals surface area contributed by atoms with Crippen molar-refractivity contribution in [3.8, 4) is 5.00 Å². The Hall–Kier alpha value is -5.67. The van der Waals surface area contributed by atoms with E-state index in [4.69, 9.17) is 16.6 Å². The van der Waals surface area contributed by atoms with Gasteiger partial charge in [0.25, 0.3) is 0 Å². The van der Waals surface area contributed by atoms with Crippen LogP contribution < -0.4 is 16.0 Å². The second-order valence-corrected chi connectivity index (χ2v) is 16.4. The van der Waals surface area contributed by atoms with Gasteiger partial charge in [0, 0.05) is 58.0 Å². The predicted molar refractivity (Wildman–Crippen MR) is 216 cm³/mol. The second-order valence-electron chi connectivity index (χ2n) is 14.8. The molecule has 1 unspecified atom stereocenters. The molecule has 57 heavy (non-hydrogen) atoms. The van der Waals surface area contributed by atoms with E-state index in [9.17, 15) is 24.0 Å². The third kappa shape index (κ3) is 7.48. The number of carbonyl (C=O) groups is 5. The fourth-order valence-corrected chi connectivity index (χ4v) is 9.19. The molecule has 2 aromatic carbocycles. The van der Waals surface area contributed by atoms with Gasteiger partial charge in [0.1, 0.15) is 22.9 Å². The van der Waals surface area contributed by atoms with Crippen molar-refractivity contribution in [2.75, 3.05) is 6.54 Å². The number of fused-ring (bicyclic) bond motifs is 6. The lowest BCUT2D eigenvalue weighted by molar-refractivity contribution is -0.136. The zero-order valence-corrected chi connectivity index (χ0v) is 33.4. The molecule has 294 valence electrons. The minimum atomic E-state index is -0.667. The molecule has 0 bridgehead atoms. The minimum Gasteiger partial charge on any atom is -0.356 e. The molecule has 0 saturated carbocycles. The Morgan fingerprint density at radius 3 is 2.54 bits per heavy atom. The van der Waals surface area contributed by atoms with Gasteiger partial charge in [-0.25, -0.2) is 4.79 Å². The zero-order chi connectivity index (χ0) is 40.0. The van der Waals surface area contributed by atoms with Gasteiger partial charge >= 0.3 is 6.03 Å². The number of aliphatic imine (C=N–C) groups is 1. The van der Waals surface area contributed by atoms with Crippen LogP contribution in [0.15, 0.2) is 53.5 Å². The number of thiophene rings is 1. The highest BCUT2D eigenvalue weighted by molar-refractivity contribution is 7.15. The number of imide groups is 1. The molecule has 5 aromatic rings. The molecule has 0 aliphatic carbocycles. The minimum absolute atomic E-state index is 0.0605. The van der Waals surface area contributed by atoms with Gasteiger partial charge in [0.15, 0.2) is 5.82 Å². The van der Waals surface area contributed by atoms with Gasteiger partial charge in [-0.2, -0.15) is 0 Å². The molecule has 5 amide bonds. The average Bonchev–Trinajstić information content (AvgIpc) is 3.89. The second kappa shape index (κ2) is 15.7. The molecule has 3 aliphatic rings. The molecule has 1 fully saturated rings. The number of nitrogens with one attached hydrogen (secondary N) is 3. The van der Waals surface area contributed by atoms with Gasteiger partial charge in [0.05, 0.1) is 24.2 Å². The highest BCUT2D eigenvalue weighted by Crippen LogP contribution is 2.39. The van der Waals surface area contributed by atoms with E-state index in [1.807, 2.05) is 60.0 Å². The molecular weight excluding hydrogens is 766 g/mol. The SMILES string of the molecule is Cc1sc2c(c1C)C(c1ccc(Cl)cc1)=N[C@@H](CC(=O)NCCCCCC(=O)NCc1ccc3c(c1)cc1n3C(=O)N(C3CCC(=O)NC3=O)C1)c1nnc(C)n1-2. The summed E-state index contributed by atoms with van der Waals surface area (Å²) in [6.45, 7) is 7.22. The van der Waals surface area contributed by atoms with Crippen LogP contribution in [-0.2, 0) is 32.3 Å². The van der Waals surface area contributed by atoms with Crippen LogP contribution in [0, 0.1) is 20.8 Å². The Balaban J connectivity index is 0.806. The standard InChI is InChI=1S/C41H42ClN9O5S/c1-22-23(2)57-40-36(22)37(26-9-11-28(42)12-10-26)45-30(38-48-47-24(3)50(38)40)19-35(54)43-16-6-4-5-7-33(52)44-20-25-8-13-31-27(17-25)18-29-21-49(41(56)51(29)31)32-14-15-34(53)46-39(32)55/h8-13,17-18,30,32H,4-7,14-16,19-21H2,1-3H3,(H,43,54)(H,44,52)(H,46,53,55)/t30-,32?/m0/s1. The van der Waals surface area contributed by atoms with Crippen molar-refractivity contribution in [1.29, 1.82) is 0 Å². The van der Waals surface area contributed by atoms with Crippen LogP contribution in [0.2, 0.25) is 5.02 Å². The molecule has 14 nitrogen and oxygen atoms in total. The van der Waals surface area contributed by atoms with Crippen LogP contribution in [0.4, 0.5) is 4.79 Å². The Labute approximate surface area is 337 Å². The zero-order valence-electron chi connectivity index (χ0n) is 31.9. The van der Waals surface area contributed by atoms with Crippen molar-refractivity contribution < 1.29 is 24.0 Å². The lowest BCUT2D eigenvalue weighted by atomic mass is 9.99. The number of carbonyl (C=O) groups excluding carboxylic acids is 5. The first-order valence-electron chi connectivity index (χ1n) is 19.1. The lowest BCUT2D eigenvalue weighted by Gasteiger charge is -2.28. The summed E-state index contributed by atoms with van der Waals surface area (Å²) in [5.41, 5.74) is 6.28. The first kappa shape index (κ1) is 38.2. The molecular formula is C41H42ClN9O5S. The maximum atomic E-state index is 13.3. The maximum Gasteiger partial charge on any atom is 0.329 e. The van der Waals surface area contributed by atoms with E-state index in [1.54, 1.807) is 15.9 Å². The fourth-order valence-electron chi connectivity index (χ4n) is 7.85. The van der Waals surface area contributed by atoms with Crippen LogP contribution in [-0.4, -0.2) is 72.2 Å². The van der Waals surface area contributed by atoms with Gasteiger partial charge in [0.2, 0.25) is 23.6 Å². The highest BCUT2D eigenvalue weighted by Gasteiger charge is 2.40. The highest BCUT2D eigenvalue weighted by atomic mass is 35.5. The summed E-state index contributed by atoms with van der Waals surface area (Å²) < 4.78 is 3.64. The summed E-state index contributed by atoms with van der Waals surface area (Å²) in [5, 5.41) is 19.7. The smallest absolute Gasteiger partial charge is 0.329 e. The van der Waals surface area contributed by atoms with Crippen LogP contribution >= 0.6 is 22.9 Å². The first-order valence-corrected chi connectivity index (χ1v) is 20.3. The van der Waals surface area contributed by atoms with E-state index in [0.29, 0.717) is 43.2 Å². The van der Waals surface area contributed by atoms with Crippen LogP contribution in [0.3, 0.4) is 0 Å². The number of aryl methyl sites for hydroxylation is 2. The van der Waals surface area contributed by atoms with Crippen LogP contribution in [0.5, 0.6) is 0 Å². The Bertz CT molecular complexity index is 2480. The Morgan fingerprint density at radius 1 is 0.947 bits per heavy atom. The summed E-state index contributed by atoms with van der Waals surface area (Å²) in [5.74, 6) is 0.414. The van der Waals surface area contributed by atoms with Gasteiger partial charge in [-0.05, 0) is 81.5 Å². The summed E-state index contributed by atoms with van der Waals surface area (Å²) in [4.78, 5) is 71.1. The van der Waals surface area contributed by atoms with Crippen molar-refractivity contribution in [1.82, 2.24) is 40.2 Å². The molecule has 2 atom stereocenters. The average molecular weight is 808 g/mol. The van der Waals surface area contributed by atoms with Gasteiger partial charge < -0.3 is 15.5 Å². The number of benzene rings is 2. The number of hydrogen-bond donors (Lipinski definition) is 3. The number of piperidine rings is 1. The van der Waals surface area contributed by atoms with Crippen LogP contribution in [0.1, 0.15) is 95.5 Å². The third-order valence-electron chi connectivity index (χ3n) is 10.9. The molecule has 0 radical (unpaired) electrons. The van der Waals surface area contributed by atoms with E-state index in [-0.39, 0.29) is 43.1 Å². The fraction of sp³-hybridized carbons (Fsp3) is 0.366. The molecule has 3 aliphatic heterocycles. The van der Waals surface area contributed by atoms with Crippen LogP contribution in [0.25, 0.3) is 15.9 Å². The van der Waals surface area contributed by atoms with Crippen molar-refractivity contribution in [3.05, 3.63) is 98.0 Å². The Morgan fingerprint density at radius 2 is 1.75 bits per heavy atom. The van der Waals surface area contributed by atoms with Crippen molar-refractivity contribution in [2.45, 2.75) is 90.9 Å². The molecule has 8 rings (SSSR count). The van der Waals surface area contributed by atoms with Gasteiger partial charge in [-0.1, -0.05) is 36.2 Å². The number of hydrogen-bond acceptors (Lipinski definition) is 9. The number of rotatable bonds is 12. The molecule has 6 heterocycles. The van der Waals surface area contributed by atoms with Crippen molar-refractivity contribution >= 4 is 69.2 Å². The predicted octanol–water partition coefficient (Wildman–Crippen LogP) is 5.73. The largest absolute Gasteiger partial charge is 0.356 e. The first-order chi connectivity index (χ1) is 27.5. The normalized spacial score (nSPS) is 17.5. The van der Waals surface area contributed by atoms with Gasteiger partial charge in [-0.3, -0.25) is 38.6 Å². The van der Waals surface area contributed by atoms with E-state index in [0.717, 1.165) is 68.2 Å². The van der Waals surface area contributed by atoms with E-state index in [2.05, 4.69) is 40.0 Å². The lowest BCUT2D eigenvalue weighted by Crippen LogP contribution is -2.52. The number of aromatic nitrogens is 4. The number of unbranched alkanes of at least 4 members (excludes halogenated alkanes) is 2. The van der Waals surface area contributed by atoms with E-state index < -0.39 is 18.0 Å². The molecule has 16 heteroatoms. The van der Waals surface area contributed by atoms with E-state index >= 15 is 0 Å². The number of amides is 5. The monoisotopic (exact) mass is 807 g/mol. The summed E-state index contributed by atoms with van der Waals surface area (Å²) in [6.07, 6.45) is 3.17. The summed E-state index contributed by atoms with van der Waals surface area (Å²) in [7, 11) is 0. The summed E-state index contributed by atoms with van der Waals surface area (Å²) in [6, 6.07) is 13.7. The summed E-state index contributed by atoms with van der Waals surface area (Å²) >= 11 is 7.89. The van der Waals surface area contributed by atoms with Gasteiger partial charge in [-0.15, -0.1) is 21.5 Å². The quantitative estimate of drug-likeness (QED) is 0.107. The molecule has 3 aromatic heterocycles. The number of halogens is 1. The Kier molecular flexibility index (Phi) is 10.5. The topological polar surface area (TPSA) is 173 Å². The number of nitrogens with zero attached hydrogens (tertiary/aromatic N) is 6.